The minimum atomic E-state index is 0. The fourth-order valence-electron chi connectivity index (χ4n) is 2.17. The van der Waals surface area contributed by atoms with Gasteiger partial charge in [0, 0.05) is 5.56 Å². The molecule has 112 valence electrons. The summed E-state index contributed by atoms with van der Waals surface area (Å²) in [4.78, 5) is 2.36. The summed E-state index contributed by atoms with van der Waals surface area (Å²) in [5, 5.41) is 9.48. The van der Waals surface area contributed by atoms with E-state index in [1.807, 2.05) is 0 Å². The van der Waals surface area contributed by atoms with Crippen LogP contribution in [0.1, 0.15) is 24.8 Å². The maximum Gasteiger partial charge on any atom is 0.161 e. The Hall–Kier alpha value is -1.81. The molecule has 1 aliphatic heterocycles. The van der Waals surface area contributed by atoms with E-state index >= 15 is 0 Å². The summed E-state index contributed by atoms with van der Waals surface area (Å²) in [5.41, 5.74) is 0.784. The van der Waals surface area contributed by atoms with Crippen molar-refractivity contribution >= 4 is 0 Å². The smallest absolute Gasteiger partial charge is 0.161 e. The second kappa shape index (κ2) is 9.19. The van der Waals surface area contributed by atoms with E-state index in [4.69, 9.17) is 4.74 Å². The third-order valence-electron chi connectivity index (χ3n) is 3.29. The van der Waals surface area contributed by atoms with Crippen LogP contribution in [0.2, 0.25) is 0 Å². The Morgan fingerprint density at radius 2 is 1.95 bits per heavy atom. The largest absolute Gasteiger partial charge is 1.00 e. The lowest BCUT2D eigenvalue weighted by molar-refractivity contribution is -0.00000523. The molecule has 0 aliphatic carbocycles. The Kier molecular flexibility index (Phi) is 7.54. The number of nitrogens with zero attached hydrogens (tertiary/aromatic N) is 1. The average molecular weight is 305 g/mol. The standard InChI is InChI=1S/C17H19NO2.ClH/c1-20-17-14-15(9-10-16(17)19)8-4-2-5-11-18-12-6-3-7-13-18;/h9-10,14,19H,3,6-7,11-13H2,1H3;1H/p-1. The molecule has 3 nitrogen and oxygen atoms in total. The molecule has 1 N–H and O–H groups in total. The second-order valence-corrected chi connectivity index (χ2v) is 4.78. The number of likely N-dealkylation sites (tertiary alicyclic amines) is 1. The van der Waals surface area contributed by atoms with Gasteiger partial charge in [-0.3, -0.25) is 4.90 Å². The first-order valence-electron chi connectivity index (χ1n) is 6.88. The highest BCUT2D eigenvalue weighted by Gasteiger charge is 2.07. The lowest BCUT2D eigenvalue weighted by Gasteiger charge is -2.23. The van der Waals surface area contributed by atoms with Gasteiger partial charge in [-0.05, 0) is 56.0 Å². The van der Waals surface area contributed by atoms with Crippen molar-refractivity contribution in [1.29, 1.82) is 0 Å². The molecule has 2 rings (SSSR count). The number of hydrogen-bond donors (Lipinski definition) is 1. The fourth-order valence-corrected chi connectivity index (χ4v) is 2.17. The maximum absolute atomic E-state index is 9.48. The van der Waals surface area contributed by atoms with Gasteiger partial charge in [0.1, 0.15) is 0 Å². The van der Waals surface area contributed by atoms with Crippen LogP contribution in [0.3, 0.4) is 0 Å². The van der Waals surface area contributed by atoms with Gasteiger partial charge in [-0.1, -0.05) is 18.3 Å². The molecular weight excluding hydrogens is 286 g/mol. The number of piperidine rings is 1. The summed E-state index contributed by atoms with van der Waals surface area (Å²) < 4.78 is 5.03. The number of phenolic OH excluding ortho intramolecular Hbond substituents is 1. The minimum absolute atomic E-state index is 0. The summed E-state index contributed by atoms with van der Waals surface area (Å²) in [7, 11) is 1.52. The minimum Gasteiger partial charge on any atom is -1.00 e. The number of aromatic hydroxyl groups is 1. The quantitative estimate of drug-likeness (QED) is 0.730. The van der Waals surface area contributed by atoms with Crippen LogP contribution in [0.5, 0.6) is 11.5 Å². The first-order valence-corrected chi connectivity index (χ1v) is 6.88. The maximum atomic E-state index is 9.48. The van der Waals surface area contributed by atoms with Crippen molar-refractivity contribution < 1.29 is 22.3 Å². The van der Waals surface area contributed by atoms with Crippen LogP contribution in [0.25, 0.3) is 0 Å². The van der Waals surface area contributed by atoms with Crippen molar-refractivity contribution in [2.75, 3.05) is 26.7 Å². The highest BCUT2D eigenvalue weighted by Crippen LogP contribution is 2.25. The van der Waals surface area contributed by atoms with E-state index in [1.165, 1.54) is 26.4 Å². The monoisotopic (exact) mass is 304 g/mol. The lowest BCUT2D eigenvalue weighted by Crippen LogP contribution is -3.00. The average Bonchev–Trinajstić information content (AvgIpc) is 2.49. The molecule has 1 aromatic carbocycles. The Balaban J connectivity index is 0.00000220. The van der Waals surface area contributed by atoms with E-state index in [9.17, 15) is 5.11 Å². The normalized spacial score (nSPS) is 14.0. The number of rotatable bonds is 2. The van der Waals surface area contributed by atoms with Gasteiger partial charge >= 0.3 is 0 Å². The summed E-state index contributed by atoms with van der Waals surface area (Å²) in [5.74, 6) is 12.3. The topological polar surface area (TPSA) is 32.7 Å². The van der Waals surface area contributed by atoms with Crippen molar-refractivity contribution in [1.82, 2.24) is 4.90 Å². The zero-order valence-corrected chi connectivity index (χ0v) is 12.9. The van der Waals surface area contributed by atoms with Crippen LogP contribution in [0.4, 0.5) is 0 Å². The van der Waals surface area contributed by atoms with Crippen molar-refractivity contribution in [2.45, 2.75) is 19.3 Å². The highest BCUT2D eigenvalue weighted by atomic mass is 35.5. The predicted octanol–water partition coefficient (Wildman–Crippen LogP) is -0.754. The predicted molar refractivity (Wildman–Crippen MR) is 79.6 cm³/mol. The molecule has 21 heavy (non-hydrogen) atoms. The van der Waals surface area contributed by atoms with Gasteiger partial charge in [-0.25, -0.2) is 0 Å². The molecular formula is C17H19ClNO2-. The third kappa shape index (κ3) is 5.60. The molecule has 0 atom stereocenters. The number of methoxy groups -OCH3 is 1. The van der Waals surface area contributed by atoms with Crippen molar-refractivity contribution in [3.8, 4) is 35.2 Å². The van der Waals surface area contributed by atoms with E-state index in [1.54, 1.807) is 18.2 Å². The van der Waals surface area contributed by atoms with E-state index in [0.717, 1.165) is 25.2 Å². The summed E-state index contributed by atoms with van der Waals surface area (Å²) in [6.45, 7) is 3.10. The zero-order valence-electron chi connectivity index (χ0n) is 12.2. The van der Waals surface area contributed by atoms with E-state index in [0.29, 0.717) is 5.75 Å². The Bertz CT molecular complexity index is 572. The fraction of sp³-hybridized carbons (Fsp3) is 0.412. The van der Waals surface area contributed by atoms with Gasteiger partial charge in [0.2, 0.25) is 0 Å². The van der Waals surface area contributed by atoms with Crippen molar-refractivity contribution in [3.63, 3.8) is 0 Å². The van der Waals surface area contributed by atoms with Gasteiger partial charge in [0.05, 0.1) is 13.7 Å². The third-order valence-corrected chi connectivity index (χ3v) is 3.29. The van der Waals surface area contributed by atoms with E-state index in [-0.39, 0.29) is 18.2 Å². The molecule has 0 unspecified atom stereocenters. The number of halogens is 1. The molecule has 0 saturated carbocycles. The lowest BCUT2D eigenvalue weighted by atomic mass is 10.1. The van der Waals surface area contributed by atoms with E-state index in [2.05, 4.69) is 28.6 Å². The number of benzene rings is 1. The van der Waals surface area contributed by atoms with Gasteiger partial charge in [-0.15, -0.1) is 0 Å². The molecule has 0 amide bonds. The van der Waals surface area contributed by atoms with Crippen LogP contribution in [0, 0.1) is 23.7 Å². The molecule has 1 fully saturated rings. The van der Waals surface area contributed by atoms with Crippen LogP contribution in [0.15, 0.2) is 18.2 Å². The summed E-state index contributed by atoms with van der Waals surface area (Å²) in [6, 6.07) is 5.02. The molecule has 1 aromatic rings. The molecule has 1 aliphatic rings. The second-order valence-electron chi connectivity index (χ2n) is 4.78. The number of hydrogen-bond acceptors (Lipinski definition) is 3. The number of phenols is 1. The van der Waals surface area contributed by atoms with Gasteiger partial charge in [0.25, 0.3) is 0 Å². The van der Waals surface area contributed by atoms with Crippen LogP contribution in [-0.4, -0.2) is 36.8 Å². The molecule has 4 heteroatoms. The Morgan fingerprint density at radius 1 is 1.19 bits per heavy atom. The Labute approximate surface area is 132 Å². The molecule has 0 aromatic heterocycles. The van der Waals surface area contributed by atoms with Crippen LogP contribution >= 0.6 is 0 Å². The first kappa shape index (κ1) is 17.2. The molecule has 1 heterocycles. The van der Waals surface area contributed by atoms with Crippen molar-refractivity contribution in [2.24, 2.45) is 0 Å². The first-order chi connectivity index (χ1) is 9.79. The van der Waals surface area contributed by atoms with Crippen molar-refractivity contribution in [3.05, 3.63) is 23.8 Å². The Morgan fingerprint density at radius 3 is 2.67 bits per heavy atom. The summed E-state index contributed by atoms with van der Waals surface area (Å²) in [6.07, 6.45) is 3.90. The summed E-state index contributed by atoms with van der Waals surface area (Å²) >= 11 is 0. The zero-order chi connectivity index (χ0) is 14.2. The van der Waals surface area contributed by atoms with Crippen LogP contribution < -0.4 is 17.1 Å². The SMILES string of the molecule is COc1cc(C#CC#CCN2CCCCC2)ccc1O.[Cl-]. The van der Waals surface area contributed by atoms with Gasteiger partial charge < -0.3 is 22.3 Å². The van der Waals surface area contributed by atoms with Gasteiger partial charge in [-0.2, -0.15) is 0 Å². The molecule has 0 spiro atoms. The van der Waals surface area contributed by atoms with E-state index < -0.39 is 0 Å². The number of ether oxygens (including phenoxy) is 1. The highest BCUT2D eigenvalue weighted by molar-refractivity contribution is 5.49. The molecule has 1 saturated heterocycles. The van der Waals surface area contributed by atoms with Crippen LogP contribution in [-0.2, 0) is 0 Å². The molecule has 0 radical (unpaired) electrons. The molecule has 0 bridgehead atoms. The van der Waals surface area contributed by atoms with Gasteiger partial charge in [0.15, 0.2) is 11.5 Å².